The van der Waals surface area contributed by atoms with Crippen LogP contribution in [0, 0.1) is 0 Å². The first-order chi connectivity index (χ1) is 23.7. The minimum atomic E-state index is -0.261. The number of hydrogen-bond acceptors (Lipinski definition) is 7. The van der Waals surface area contributed by atoms with Crippen molar-refractivity contribution in [1.82, 2.24) is 4.90 Å². The molecule has 2 heterocycles. The smallest absolute Gasteiger partial charge is 0.258 e. The van der Waals surface area contributed by atoms with Crippen LogP contribution in [-0.4, -0.2) is 69.8 Å². The van der Waals surface area contributed by atoms with Gasteiger partial charge < -0.3 is 29.3 Å². The molecule has 0 atom stereocenters. The molecule has 3 aromatic rings. The molecule has 2 amide bonds. The summed E-state index contributed by atoms with van der Waals surface area (Å²) in [5.41, 5.74) is 5.96. The average Bonchev–Trinajstić information content (AvgIpc) is 3.53. The summed E-state index contributed by atoms with van der Waals surface area (Å²) in [4.78, 5) is 33.5. The Morgan fingerprint density at radius 2 is 1.65 bits per heavy atom. The Morgan fingerprint density at radius 3 is 2.39 bits per heavy atom. The van der Waals surface area contributed by atoms with Gasteiger partial charge in [0.15, 0.2) is 0 Å². The van der Waals surface area contributed by atoms with Crippen LogP contribution in [0.25, 0.3) is 0 Å². The number of piperazine rings is 1. The van der Waals surface area contributed by atoms with Gasteiger partial charge in [-0.3, -0.25) is 14.5 Å². The highest BCUT2D eigenvalue weighted by atomic mass is 16.5. The summed E-state index contributed by atoms with van der Waals surface area (Å²) in [5.74, 6) is 1.85. The molecule has 2 aliphatic rings. The molecule has 2 aliphatic heterocycles. The predicted molar refractivity (Wildman–Crippen MR) is 196 cm³/mol. The Labute approximate surface area is 290 Å². The minimum absolute atomic E-state index is 0.0166. The van der Waals surface area contributed by atoms with E-state index < -0.39 is 0 Å². The van der Waals surface area contributed by atoms with Gasteiger partial charge in [0.25, 0.3) is 11.8 Å². The Morgan fingerprint density at radius 1 is 0.878 bits per heavy atom. The zero-order valence-electron chi connectivity index (χ0n) is 29.5. The summed E-state index contributed by atoms with van der Waals surface area (Å²) < 4.78 is 16.6. The molecule has 0 radical (unpaired) electrons. The van der Waals surface area contributed by atoms with Gasteiger partial charge in [-0.15, -0.1) is 0 Å². The molecule has 0 bridgehead atoms. The number of nitrogens with zero attached hydrogens (tertiary/aromatic N) is 3. The van der Waals surface area contributed by atoms with Crippen LogP contribution in [0.1, 0.15) is 49.2 Å². The molecule has 1 fully saturated rings. The molecule has 9 nitrogen and oxygen atoms in total. The normalized spacial score (nSPS) is 15.7. The molecule has 0 spiro atoms. The third-order valence-corrected chi connectivity index (χ3v) is 8.83. The number of benzene rings is 3. The van der Waals surface area contributed by atoms with Gasteiger partial charge in [0.05, 0.1) is 37.3 Å². The maximum atomic E-state index is 13.8. The Balaban J connectivity index is 1.19. The number of rotatable bonds is 12. The van der Waals surface area contributed by atoms with Crippen molar-refractivity contribution < 1.29 is 23.8 Å². The molecule has 1 saturated heterocycles. The second-order valence-electron chi connectivity index (χ2n) is 12.6. The monoisotopic (exact) mass is 664 g/mol. The van der Waals surface area contributed by atoms with E-state index in [0.29, 0.717) is 35.5 Å². The molecular formula is C40H48N4O5. The van der Waals surface area contributed by atoms with E-state index in [9.17, 15) is 9.59 Å². The first-order valence-corrected chi connectivity index (χ1v) is 16.9. The fourth-order valence-electron chi connectivity index (χ4n) is 6.15. The highest BCUT2D eigenvalue weighted by Gasteiger charge is 2.27. The van der Waals surface area contributed by atoms with Crippen LogP contribution in [0.4, 0.5) is 17.1 Å². The second-order valence-corrected chi connectivity index (χ2v) is 12.6. The lowest BCUT2D eigenvalue weighted by Gasteiger charge is -2.37. The highest BCUT2D eigenvalue weighted by molar-refractivity contribution is 6.08. The first kappa shape index (κ1) is 35.3. The van der Waals surface area contributed by atoms with Crippen molar-refractivity contribution in [2.45, 2.75) is 46.8 Å². The lowest BCUT2D eigenvalue weighted by Crippen LogP contribution is -2.46. The maximum Gasteiger partial charge on any atom is 0.258 e. The molecule has 258 valence electrons. The molecule has 0 unspecified atom stereocenters. The maximum absolute atomic E-state index is 13.8. The number of allylic oxidation sites excluding steroid dienone is 4. The van der Waals surface area contributed by atoms with Crippen LogP contribution in [-0.2, 0) is 27.2 Å². The van der Waals surface area contributed by atoms with Crippen LogP contribution in [0.2, 0.25) is 0 Å². The van der Waals surface area contributed by atoms with E-state index in [-0.39, 0.29) is 17.9 Å². The van der Waals surface area contributed by atoms with Gasteiger partial charge in [-0.2, -0.15) is 0 Å². The topological polar surface area (TPSA) is 83.6 Å². The molecule has 3 aromatic carbocycles. The van der Waals surface area contributed by atoms with Crippen molar-refractivity contribution in [2.75, 3.05) is 62.1 Å². The summed E-state index contributed by atoms with van der Waals surface area (Å²) in [6.45, 7) is 12.7. The fourth-order valence-corrected chi connectivity index (χ4v) is 6.15. The van der Waals surface area contributed by atoms with Crippen LogP contribution in [0.15, 0.2) is 102 Å². The van der Waals surface area contributed by atoms with Crippen LogP contribution >= 0.6 is 0 Å². The molecule has 49 heavy (non-hydrogen) atoms. The van der Waals surface area contributed by atoms with Gasteiger partial charge in [0.1, 0.15) is 11.5 Å². The predicted octanol–water partition coefficient (Wildman–Crippen LogP) is 6.96. The van der Waals surface area contributed by atoms with Crippen molar-refractivity contribution in [3.05, 3.63) is 119 Å². The number of anilines is 3. The van der Waals surface area contributed by atoms with Crippen molar-refractivity contribution in [2.24, 2.45) is 0 Å². The number of fused-ring (bicyclic) bond motifs is 1. The minimum Gasteiger partial charge on any atom is -0.501 e. The van der Waals surface area contributed by atoms with E-state index in [1.165, 1.54) is 7.11 Å². The van der Waals surface area contributed by atoms with E-state index in [1.54, 1.807) is 32.3 Å². The summed E-state index contributed by atoms with van der Waals surface area (Å²) in [6.07, 6.45) is 6.13. The highest BCUT2D eigenvalue weighted by Crippen LogP contribution is 2.33. The lowest BCUT2D eigenvalue weighted by atomic mass is 10.1. The number of ether oxygens (including phenoxy) is 3. The third-order valence-electron chi connectivity index (χ3n) is 8.83. The van der Waals surface area contributed by atoms with Gasteiger partial charge in [-0.05, 0) is 99.9 Å². The van der Waals surface area contributed by atoms with Crippen molar-refractivity contribution in [1.29, 1.82) is 0 Å². The average molecular weight is 665 g/mol. The molecule has 0 saturated carbocycles. The summed E-state index contributed by atoms with van der Waals surface area (Å²) in [6, 6.07) is 22.0. The number of para-hydroxylation sites is 2. The zero-order valence-corrected chi connectivity index (χ0v) is 29.5. The lowest BCUT2D eigenvalue weighted by molar-refractivity contribution is -0.113. The first-order valence-electron chi connectivity index (χ1n) is 16.9. The number of nitrogens with one attached hydrogen (secondary N) is 1. The quantitative estimate of drug-likeness (QED) is 0.127. The molecule has 5 rings (SSSR count). The SMILES string of the molecule is COC(/C=C\C=C(/C)OC)=C(/C)C(=O)Nc1ccc2c(c1)CCN2C(=O)c1cccc(CN2CCN(c3ccccc3OC(C)C)CC2)c1. The summed E-state index contributed by atoms with van der Waals surface area (Å²) in [7, 11) is 3.14. The van der Waals surface area contributed by atoms with Crippen LogP contribution in [0.5, 0.6) is 5.75 Å². The van der Waals surface area contributed by atoms with Gasteiger partial charge in [-0.25, -0.2) is 0 Å². The molecule has 0 aromatic heterocycles. The van der Waals surface area contributed by atoms with E-state index >= 15 is 0 Å². The largest absolute Gasteiger partial charge is 0.501 e. The Kier molecular flexibility index (Phi) is 11.8. The number of hydrogen-bond donors (Lipinski definition) is 1. The summed E-state index contributed by atoms with van der Waals surface area (Å²) >= 11 is 0. The number of carbonyl (C=O) groups is 2. The zero-order chi connectivity index (χ0) is 34.9. The number of carbonyl (C=O) groups excluding carboxylic acids is 2. The molecular weight excluding hydrogens is 616 g/mol. The fraction of sp³-hybridized carbons (Fsp3) is 0.350. The number of amides is 2. The van der Waals surface area contributed by atoms with Crippen LogP contribution < -0.4 is 19.9 Å². The standard InChI is InChI=1S/C40H48N4O5/c1-28(2)49-38-15-8-7-14-36(38)43-23-21-42(22-24-43)27-31-12-10-13-33(25-31)40(46)44-20-19-32-26-34(17-18-35(32)44)41-39(45)30(4)37(48-6)16-9-11-29(3)47-5/h7-18,25-26,28H,19-24,27H2,1-6H3,(H,41,45)/b16-9-,29-11+,37-30-. The van der Waals surface area contributed by atoms with E-state index in [1.807, 2.05) is 60.4 Å². The second kappa shape index (κ2) is 16.4. The molecule has 9 heteroatoms. The van der Waals surface area contributed by atoms with Crippen LogP contribution in [0.3, 0.4) is 0 Å². The van der Waals surface area contributed by atoms with Gasteiger partial charge in [-0.1, -0.05) is 30.3 Å². The Hall–Kier alpha value is -5.02. The van der Waals surface area contributed by atoms with Gasteiger partial charge >= 0.3 is 0 Å². The van der Waals surface area contributed by atoms with E-state index in [0.717, 1.165) is 66.7 Å². The van der Waals surface area contributed by atoms with Gasteiger partial charge in [0.2, 0.25) is 0 Å². The molecule has 1 N–H and O–H groups in total. The van der Waals surface area contributed by atoms with Gasteiger partial charge in [0, 0.05) is 56.2 Å². The summed E-state index contributed by atoms with van der Waals surface area (Å²) in [5, 5.41) is 2.97. The Bertz CT molecular complexity index is 1740. The molecule has 0 aliphatic carbocycles. The van der Waals surface area contributed by atoms with Crippen molar-refractivity contribution in [3.8, 4) is 5.75 Å². The van der Waals surface area contributed by atoms with Crippen molar-refractivity contribution in [3.63, 3.8) is 0 Å². The van der Waals surface area contributed by atoms with E-state index in [4.69, 9.17) is 14.2 Å². The number of methoxy groups -OCH3 is 2. The van der Waals surface area contributed by atoms with E-state index in [2.05, 4.69) is 47.2 Å². The van der Waals surface area contributed by atoms with Crippen molar-refractivity contribution >= 4 is 28.9 Å². The third kappa shape index (κ3) is 8.91.